The molecule has 1 unspecified atom stereocenters. The Labute approximate surface area is 249 Å². The van der Waals surface area contributed by atoms with Crippen molar-refractivity contribution in [1.82, 2.24) is 4.90 Å². The number of amidine groups is 2. The Hall–Kier alpha value is -2.79. The molecule has 12 heteroatoms. The first-order valence-corrected chi connectivity index (χ1v) is 14.5. The first kappa shape index (κ1) is 33.4. The van der Waals surface area contributed by atoms with Crippen LogP contribution in [0.3, 0.4) is 0 Å². The molecule has 0 saturated carbocycles. The maximum Gasteiger partial charge on any atom is 0.235 e. The van der Waals surface area contributed by atoms with Gasteiger partial charge in [-0.3, -0.25) is 15.1 Å². The molecule has 0 spiro atoms. The number of nitrogens with two attached hydrogens (primary N) is 1. The van der Waals surface area contributed by atoms with Gasteiger partial charge in [-0.25, -0.2) is 8.42 Å². The molecule has 1 atom stereocenters. The van der Waals surface area contributed by atoms with Crippen molar-refractivity contribution in [3.63, 3.8) is 0 Å². The van der Waals surface area contributed by atoms with Crippen molar-refractivity contribution in [3.05, 3.63) is 64.7 Å². The second kappa shape index (κ2) is 14.2. The molecule has 40 heavy (non-hydrogen) atoms. The van der Waals surface area contributed by atoms with Crippen LogP contribution < -0.4 is 14.8 Å². The number of benzene rings is 2. The SMILES string of the molecule is CCS(=O)(=O)N1c2ccc(OC3CCN(C(C)=N)CC3)cc2CC1/C(=C/c1cccc(C(=N)N)c1)COC.Cl.Cl. The first-order valence-electron chi connectivity index (χ1n) is 12.9. The van der Waals surface area contributed by atoms with E-state index in [0.29, 0.717) is 23.5 Å². The summed E-state index contributed by atoms with van der Waals surface area (Å²) >= 11 is 0. The number of nitrogens with one attached hydrogen (secondary N) is 2. The van der Waals surface area contributed by atoms with E-state index in [0.717, 1.165) is 48.4 Å². The molecule has 2 aromatic carbocycles. The highest BCUT2D eigenvalue weighted by atomic mass is 35.5. The van der Waals surface area contributed by atoms with Crippen molar-refractivity contribution in [2.45, 2.75) is 45.3 Å². The van der Waals surface area contributed by atoms with Gasteiger partial charge in [0.25, 0.3) is 0 Å². The Kier molecular flexibility index (Phi) is 11.9. The van der Waals surface area contributed by atoms with E-state index < -0.39 is 16.1 Å². The van der Waals surface area contributed by atoms with Crippen LogP contribution in [0.5, 0.6) is 5.75 Å². The summed E-state index contributed by atoms with van der Waals surface area (Å²) in [5, 5.41) is 15.6. The highest BCUT2D eigenvalue weighted by Gasteiger charge is 2.39. The zero-order valence-electron chi connectivity index (χ0n) is 23.1. The van der Waals surface area contributed by atoms with E-state index in [1.807, 2.05) is 42.5 Å². The molecule has 4 rings (SSSR count). The molecule has 0 bridgehead atoms. The van der Waals surface area contributed by atoms with Crippen molar-refractivity contribution in [2.75, 3.05) is 36.9 Å². The Bertz CT molecular complexity index is 1340. The Morgan fingerprint density at radius 3 is 2.42 bits per heavy atom. The van der Waals surface area contributed by atoms with Gasteiger partial charge in [-0.1, -0.05) is 24.3 Å². The van der Waals surface area contributed by atoms with Crippen LogP contribution in [-0.2, 0) is 21.2 Å². The molecule has 220 valence electrons. The van der Waals surface area contributed by atoms with Crippen LogP contribution in [0.2, 0.25) is 0 Å². The topological polar surface area (TPSA) is 133 Å². The minimum Gasteiger partial charge on any atom is -0.490 e. The van der Waals surface area contributed by atoms with Gasteiger partial charge in [0.15, 0.2) is 0 Å². The minimum atomic E-state index is -3.58. The van der Waals surface area contributed by atoms with E-state index >= 15 is 0 Å². The summed E-state index contributed by atoms with van der Waals surface area (Å²) in [7, 11) is -1.98. The van der Waals surface area contributed by atoms with Crippen molar-refractivity contribution in [3.8, 4) is 5.75 Å². The molecule has 1 saturated heterocycles. The van der Waals surface area contributed by atoms with E-state index in [9.17, 15) is 8.42 Å². The second-order valence-corrected chi connectivity index (χ2v) is 11.9. The predicted molar refractivity (Wildman–Crippen MR) is 166 cm³/mol. The number of nitrogens with zero attached hydrogens (tertiary/aromatic N) is 2. The average molecular weight is 613 g/mol. The first-order chi connectivity index (χ1) is 18.1. The van der Waals surface area contributed by atoms with Crippen LogP contribution in [0.25, 0.3) is 6.08 Å². The smallest absolute Gasteiger partial charge is 0.235 e. The van der Waals surface area contributed by atoms with Crippen LogP contribution in [0.1, 0.15) is 43.4 Å². The fraction of sp³-hybridized carbons (Fsp3) is 0.429. The van der Waals surface area contributed by atoms with E-state index in [4.69, 9.17) is 26.0 Å². The third-order valence-electron chi connectivity index (χ3n) is 7.16. The van der Waals surface area contributed by atoms with E-state index in [1.54, 1.807) is 27.0 Å². The Morgan fingerprint density at radius 2 is 1.82 bits per heavy atom. The molecule has 4 N–H and O–H groups in total. The largest absolute Gasteiger partial charge is 0.490 e. The second-order valence-electron chi connectivity index (χ2n) is 9.79. The lowest BCUT2D eigenvalue weighted by Crippen LogP contribution is -2.40. The average Bonchev–Trinajstić information content (AvgIpc) is 3.28. The molecule has 1 fully saturated rings. The number of halogens is 2. The van der Waals surface area contributed by atoms with Gasteiger partial charge in [0.1, 0.15) is 17.7 Å². The van der Waals surface area contributed by atoms with Gasteiger partial charge in [0, 0.05) is 45.0 Å². The standard InChI is InChI=1S/C28H37N5O4S.2ClH/c1-4-38(34,35)33-26-9-8-25(37-24-10-12-32(13-11-24)19(2)29)16-22(26)17-27(33)23(18-36-3)15-20-6-5-7-21(14-20)28(30)31;;/h5-9,14-16,24,27,29H,4,10-13,17-18H2,1-3H3,(H3,30,31);2*1H/b23-15+,29-19?;;. The molecule has 0 aromatic heterocycles. The third-order valence-corrected chi connectivity index (χ3v) is 8.94. The van der Waals surface area contributed by atoms with E-state index in [1.165, 1.54) is 4.31 Å². The molecule has 9 nitrogen and oxygen atoms in total. The van der Waals surface area contributed by atoms with Crippen LogP contribution in [0.4, 0.5) is 5.69 Å². The molecular formula is C28H39Cl2N5O4S. The number of rotatable bonds is 9. The zero-order valence-corrected chi connectivity index (χ0v) is 25.5. The number of likely N-dealkylation sites (tertiary alicyclic amines) is 1. The molecule has 2 aliphatic heterocycles. The monoisotopic (exact) mass is 611 g/mol. The Morgan fingerprint density at radius 1 is 1.12 bits per heavy atom. The quantitative estimate of drug-likeness (QED) is 0.283. The van der Waals surface area contributed by atoms with Crippen LogP contribution in [-0.4, -0.2) is 69.7 Å². The maximum atomic E-state index is 13.3. The summed E-state index contributed by atoms with van der Waals surface area (Å²) in [6.45, 7) is 5.31. The van der Waals surface area contributed by atoms with Gasteiger partial charge in [-0.2, -0.15) is 0 Å². The summed E-state index contributed by atoms with van der Waals surface area (Å²) in [5.74, 6) is 1.27. The van der Waals surface area contributed by atoms with Gasteiger partial charge in [-0.15, -0.1) is 24.8 Å². The summed E-state index contributed by atoms with van der Waals surface area (Å²) in [6, 6.07) is 12.5. The van der Waals surface area contributed by atoms with Gasteiger partial charge in [-0.05, 0) is 54.8 Å². The third kappa shape index (κ3) is 7.48. The normalized spacial score (nSPS) is 17.5. The van der Waals surface area contributed by atoms with Crippen molar-refractivity contribution >= 4 is 58.3 Å². The summed E-state index contributed by atoms with van der Waals surface area (Å²) in [4.78, 5) is 2.05. The Balaban J connectivity index is 0.00000280. The lowest BCUT2D eigenvalue weighted by atomic mass is 10.00. The molecule has 0 radical (unpaired) electrons. The lowest BCUT2D eigenvalue weighted by Gasteiger charge is -2.33. The number of ether oxygens (including phenoxy) is 2. The molecule has 2 heterocycles. The van der Waals surface area contributed by atoms with Gasteiger partial charge in [0.05, 0.1) is 29.9 Å². The molecular weight excluding hydrogens is 573 g/mol. The van der Waals surface area contributed by atoms with Crippen LogP contribution in [0, 0.1) is 10.8 Å². The summed E-state index contributed by atoms with van der Waals surface area (Å²) in [5.41, 5.74) is 9.50. The van der Waals surface area contributed by atoms with Gasteiger partial charge >= 0.3 is 0 Å². The maximum absolute atomic E-state index is 13.3. The highest BCUT2D eigenvalue weighted by molar-refractivity contribution is 7.92. The molecule has 0 amide bonds. The highest BCUT2D eigenvalue weighted by Crippen LogP contribution is 2.40. The van der Waals surface area contributed by atoms with Gasteiger partial charge < -0.3 is 20.1 Å². The zero-order chi connectivity index (χ0) is 27.4. The molecule has 2 aromatic rings. The summed E-state index contributed by atoms with van der Waals surface area (Å²) in [6.07, 6.45) is 4.17. The minimum absolute atomic E-state index is 0. The fourth-order valence-electron chi connectivity index (χ4n) is 5.15. The number of methoxy groups -OCH3 is 1. The molecule has 0 aliphatic carbocycles. The fourth-order valence-corrected chi connectivity index (χ4v) is 6.50. The number of sulfonamides is 1. The number of piperidine rings is 1. The lowest BCUT2D eigenvalue weighted by molar-refractivity contribution is 0.130. The van der Waals surface area contributed by atoms with Crippen LogP contribution in [0.15, 0.2) is 48.0 Å². The van der Waals surface area contributed by atoms with E-state index in [-0.39, 0.29) is 49.1 Å². The molecule has 2 aliphatic rings. The van der Waals surface area contributed by atoms with Crippen LogP contribution >= 0.6 is 24.8 Å². The predicted octanol–water partition coefficient (Wildman–Crippen LogP) is 4.47. The van der Waals surface area contributed by atoms with Crippen molar-refractivity contribution in [1.29, 1.82) is 10.8 Å². The van der Waals surface area contributed by atoms with Gasteiger partial charge in [0.2, 0.25) is 10.0 Å². The summed E-state index contributed by atoms with van der Waals surface area (Å²) < 4.78 is 40.0. The van der Waals surface area contributed by atoms with Crippen molar-refractivity contribution in [2.24, 2.45) is 5.73 Å². The number of fused-ring (bicyclic) bond motifs is 1. The number of hydrogen-bond acceptors (Lipinski definition) is 6. The number of nitrogen functional groups attached to an aromatic ring is 1. The number of anilines is 1. The van der Waals surface area contributed by atoms with Crippen molar-refractivity contribution < 1.29 is 17.9 Å². The van der Waals surface area contributed by atoms with E-state index in [2.05, 4.69) is 4.90 Å². The number of hydrogen-bond donors (Lipinski definition) is 3.